The molecule has 2 aromatic rings. The lowest BCUT2D eigenvalue weighted by Gasteiger charge is -2.56. The summed E-state index contributed by atoms with van der Waals surface area (Å²) < 4.78 is 54.6. The Hall–Kier alpha value is -3.24. The number of aryl methyl sites for hydroxylation is 2. The van der Waals surface area contributed by atoms with Crippen LogP contribution >= 0.6 is 0 Å². The van der Waals surface area contributed by atoms with E-state index in [1.165, 1.54) is 75.7 Å². The molecule has 2 aromatic carbocycles. The number of rotatable bonds is 10. The first-order chi connectivity index (χ1) is 47.5. The molecule has 9 aliphatic rings. The molecule has 11 atom stereocenters. The van der Waals surface area contributed by atoms with Crippen LogP contribution in [-0.4, -0.2) is 277 Å². The number of ether oxygens (including phenoxy) is 2. The third-order valence-electron chi connectivity index (χ3n) is 24.9. The van der Waals surface area contributed by atoms with Gasteiger partial charge in [-0.05, 0) is 204 Å². The largest absolute Gasteiger partial charge is 0.496 e. The molecule has 1 amide bonds. The van der Waals surface area contributed by atoms with E-state index in [2.05, 4.69) is 173 Å². The molecule has 0 aromatic heterocycles. The van der Waals surface area contributed by atoms with Crippen molar-refractivity contribution in [2.45, 2.75) is 242 Å². The Morgan fingerprint density at radius 2 is 1.38 bits per heavy atom. The number of nitrogens with one attached hydrogen (secondary N) is 3. The minimum absolute atomic E-state index is 0.0677. The number of nitrogens with zero attached hydrogens (tertiary/aromatic N) is 9. The molecule has 1 spiro atoms. The van der Waals surface area contributed by atoms with Crippen LogP contribution in [0.1, 0.15) is 179 Å². The van der Waals surface area contributed by atoms with Crippen LogP contribution in [-0.2, 0) is 35.0 Å². The van der Waals surface area contributed by atoms with Gasteiger partial charge >= 0.3 is 6.18 Å². The van der Waals surface area contributed by atoms with E-state index in [0.29, 0.717) is 61.0 Å². The smallest absolute Gasteiger partial charge is 0.419 e. The lowest BCUT2D eigenvalue weighted by Crippen LogP contribution is -2.67. The topological polar surface area (TPSA) is 101 Å². The third-order valence-corrected chi connectivity index (χ3v) is 24.9. The molecule has 6 bridgehead atoms. The summed E-state index contributed by atoms with van der Waals surface area (Å²) in [5.74, 6) is 1.31. The Labute approximate surface area is 599 Å². The van der Waals surface area contributed by atoms with E-state index in [1.54, 1.807) is 12.1 Å². The first-order valence-corrected chi connectivity index (χ1v) is 39.8. The van der Waals surface area contributed by atoms with Gasteiger partial charge in [0.2, 0.25) is 5.91 Å². The van der Waals surface area contributed by atoms with Crippen molar-refractivity contribution < 1.29 is 27.4 Å². The van der Waals surface area contributed by atoms with E-state index in [9.17, 15) is 13.2 Å². The molecule has 99 heavy (non-hydrogen) atoms. The molecule has 3 N–H and O–H groups in total. The van der Waals surface area contributed by atoms with Crippen LogP contribution < -0.4 is 20.7 Å². The fourth-order valence-corrected chi connectivity index (χ4v) is 18.9. The Morgan fingerprint density at radius 3 is 2.10 bits per heavy atom. The molecule has 2 saturated carbocycles. The zero-order valence-electron chi connectivity index (χ0n) is 64.2. The normalized spacial score (nSPS) is 31.5. The molecule has 4 fully saturated rings. The molecule has 1 unspecified atom stereocenters. The van der Waals surface area contributed by atoms with Crippen LogP contribution in [0.2, 0.25) is 0 Å². The van der Waals surface area contributed by atoms with Gasteiger partial charge in [-0.15, -0.1) is 0 Å². The van der Waals surface area contributed by atoms with E-state index < -0.39 is 11.7 Å². The number of halogens is 3. The highest BCUT2D eigenvalue weighted by atomic mass is 19.4. The minimum Gasteiger partial charge on any atom is -0.496 e. The number of fused-ring (bicyclic) bond motifs is 22. The van der Waals surface area contributed by atoms with Crippen LogP contribution in [0.5, 0.6) is 5.75 Å². The van der Waals surface area contributed by atoms with Crippen LogP contribution in [0.4, 0.5) is 13.2 Å². The van der Waals surface area contributed by atoms with Gasteiger partial charge in [-0.3, -0.25) is 19.5 Å². The van der Waals surface area contributed by atoms with Gasteiger partial charge in [0.15, 0.2) is 0 Å². The van der Waals surface area contributed by atoms with Gasteiger partial charge in [0.05, 0.1) is 24.8 Å². The van der Waals surface area contributed by atoms with Crippen LogP contribution in [0.3, 0.4) is 0 Å². The van der Waals surface area contributed by atoms with Crippen LogP contribution in [0.15, 0.2) is 54.6 Å². The average molecular weight is 1390 g/mol. The summed E-state index contributed by atoms with van der Waals surface area (Å²) in [7, 11) is 15.4. The van der Waals surface area contributed by atoms with E-state index in [4.69, 9.17) is 9.47 Å². The van der Waals surface area contributed by atoms with Gasteiger partial charge in [-0.1, -0.05) is 102 Å². The Morgan fingerprint density at radius 1 is 0.667 bits per heavy atom. The number of likely N-dealkylation sites (N-methyl/N-ethyl adjacent to an activating group) is 6. The lowest BCUT2D eigenvalue weighted by molar-refractivity contribution is -0.139. The molecule has 2 aliphatic carbocycles. The Balaban J connectivity index is 1.06. The average Bonchev–Trinajstić information content (AvgIpc) is 1.18. The zero-order chi connectivity index (χ0) is 70.7. The molecule has 7 aliphatic heterocycles. The maximum Gasteiger partial charge on any atom is 0.419 e. The van der Waals surface area contributed by atoms with Crippen molar-refractivity contribution in [2.24, 2.45) is 17.3 Å². The predicted molar refractivity (Wildman–Crippen MR) is 402 cm³/mol. The van der Waals surface area contributed by atoms with Crippen molar-refractivity contribution in [3.05, 3.63) is 76.9 Å². The van der Waals surface area contributed by atoms with Gasteiger partial charge < -0.3 is 54.8 Å². The van der Waals surface area contributed by atoms with Crippen LogP contribution in [0.25, 0.3) is 0 Å². The maximum atomic E-state index is 15.4. The molecule has 11 rings (SSSR count). The van der Waals surface area contributed by atoms with Gasteiger partial charge in [-0.2, -0.15) is 13.2 Å². The summed E-state index contributed by atoms with van der Waals surface area (Å²) in [5, 5.41) is 12.7. The molecule has 0 radical (unpaired) electrons. The van der Waals surface area contributed by atoms with Gasteiger partial charge in [0.25, 0.3) is 0 Å². The number of carbonyl (C=O) groups excluding carboxylic acids is 1. The maximum absolute atomic E-state index is 15.4. The second-order valence-corrected chi connectivity index (χ2v) is 33.4. The van der Waals surface area contributed by atoms with Crippen molar-refractivity contribution in [1.29, 1.82) is 0 Å². The number of methoxy groups -OCH3 is 1. The van der Waals surface area contributed by atoms with Crippen molar-refractivity contribution >= 4 is 5.91 Å². The van der Waals surface area contributed by atoms with E-state index in [-0.39, 0.29) is 40.9 Å². The van der Waals surface area contributed by atoms with Gasteiger partial charge in [0, 0.05) is 166 Å². The number of piperidine rings is 1. The molecular formula is C81H139F3N12O3. The fraction of sp³-hybridized carbons (Fsp3) is 0.815. The van der Waals surface area contributed by atoms with Gasteiger partial charge in [-0.25, -0.2) is 0 Å². The zero-order valence-corrected chi connectivity index (χ0v) is 64.2. The van der Waals surface area contributed by atoms with Crippen LogP contribution in [0, 0.1) is 17.3 Å². The van der Waals surface area contributed by atoms with E-state index >= 15 is 4.79 Å². The molecule has 7 heterocycles. The summed E-state index contributed by atoms with van der Waals surface area (Å²) in [6.07, 6.45) is 24.1. The summed E-state index contributed by atoms with van der Waals surface area (Å²) in [4.78, 5) is 38.8. The van der Waals surface area contributed by atoms with Gasteiger partial charge in [0.1, 0.15) is 5.75 Å². The molecule has 562 valence electrons. The monoisotopic (exact) mass is 1390 g/mol. The molecular weight excluding hydrogens is 1250 g/mol. The second kappa shape index (κ2) is 38.7. The summed E-state index contributed by atoms with van der Waals surface area (Å²) in [5.41, 5.74) is 3.07. The van der Waals surface area contributed by atoms with E-state index in [0.717, 1.165) is 200 Å². The number of hydrogen-bond donors (Lipinski definition) is 3. The summed E-state index contributed by atoms with van der Waals surface area (Å²) in [6, 6.07) is 15.9. The fourth-order valence-electron chi connectivity index (χ4n) is 18.9. The highest BCUT2D eigenvalue weighted by molar-refractivity contribution is 5.82. The minimum atomic E-state index is -4.50. The van der Waals surface area contributed by atoms with E-state index in [1.807, 2.05) is 0 Å². The number of likely N-dealkylation sites (tertiary alicyclic amines) is 1. The standard InChI is InChI=1S/C81H139F3N12O3/c1-13-62(3)74-57-89(7)46-47-91(9)69-30-20-16-23-43-95(55-69)71-48-64-33-31-63(32-34-64)26-18-15-19-29-68(51-86-74)90(8)44-39-75(78(97)94-41-24-17-25-42-94)92(10)58-76(66-27-21-22-28-66)93(11)61-80(59-79(4,5)60-80)87-52-70-50-72(99-14-2)56-96(70)53-67(85-40-45-88(6)54-71)37-35-65-36-38-73(81(82,83)84)77(49-65)98-12/h16,20,31-34,36,38,49,62,66-72,74-76,85-87H,13-15,17-19,21-30,35,37,39-48,50-61H2,1-12H3/b20-16-/t62-,67-,68-,69-,70-,71-,72+,74+,75-,76+/m0/s1. The number of hydrogen-bond acceptors (Lipinski definition) is 14. The quantitative estimate of drug-likeness (QED) is 0.155. The second-order valence-electron chi connectivity index (χ2n) is 33.4. The Bertz CT molecular complexity index is 2700. The van der Waals surface area contributed by atoms with Crippen molar-refractivity contribution in [3.63, 3.8) is 0 Å². The first kappa shape index (κ1) is 79.9. The molecule has 2 saturated heterocycles. The number of carbonyl (C=O) groups is 1. The first-order valence-electron chi connectivity index (χ1n) is 39.8. The summed E-state index contributed by atoms with van der Waals surface area (Å²) in [6.45, 7) is 27.9. The Kier molecular flexibility index (Phi) is 31.2. The van der Waals surface area contributed by atoms with Crippen molar-refractivity contribution in [1.82, 2.24) is 60.0 Å². The SMILES string of the molecule is CCO[C@@H]1C[C@H]2CNC3(CN(C)[C@@H](C4CCCC4)CN(C)[C@H](C(=O)N4CCCCC4)CCN(C)[C@H]4CCCCCc5ccc(cc5)C[C@@H](CN(C)CCN[C@@H](CCc5ccc(C(F)(F)F)c(OC)c5)CN2C1)N1CC/C=C\C[C@@H](C1)N(C)CCN(C)C[C@H]([C@@H](C)CC)NC4)CC(C)(C)C3. The lowest BCUT2D eigenvalue weighted by atomic mass is 9.59. The molecule has 18 heteroatoms. The molecule has 15 nitrogen and oxygen atoms in total. The van der Waals surface area contributed by atoms with Crippen molar-refractivity contribution in [2.75, 3.05) is 167 Å². The number of amides is 1. The third kappa shape index (κ3) is 23.9. The van der Waals surface area contributed by atoms with Crippen molar-refractivity contribution in [3.8, 4) is 5.75 Å². The predicted octanol–water partition coefficient (Wildman–Crippen LogP) is 11.3. The number of alkyl halides is 3. The summed E-state index contributed by atoms with van der Waals surface area (Å²) >= 11 is 0. The highest BCUT2D eigenvalue weighted by Gasteiger charge is 2.51. The highest BCUT2D eigenvalue weighted by Crippen LogP contribution is 2.49. The number of benzene rings is 2.